The van der Waals surface area contributed by atoms with E-state index in [-0.39, 0.29) is 0 Å². The van der Waals surface area contributed by atoms with Crippen molar-refractivity contribution >= 4 is 57.2 Å². The first-order chi connectivity index (χ1) is 10.0. The number of ether oxygens (including phenoxy) is 1. The number of carbonyl (C=O) groups excluding carboxylic acids is 1. The predicted octanol–water partition coefficient (Wildman–Crippen LogP) is 4.45. The van der Waals surface area contributed by atoms with Gasteiger partial charge in [-0.15, -0.1) is 0 Å². The molecule has 21 heavy (non-hydrogen) atoms. The highest BCUT2D eigenvalue weighted by Crippen LogP contribution is 2.29. The summed E-state index contributed by atoms with van der Waals surface area (Å²) < 4.78 is 6.08. The maximum Gasteiger partial charge on any atom is 0.340 e. The van der Waals surface area contributed by atoms with E-state index >= 15 is 0 Å². The van der Waals surface area contributed by atoms with Gasteiger partial charge >= 0.3 is 5.97 Å². The zero-order valence-electron chi connectivity index (χ0n) is 11.3. The third-order valence-electron chi connectivity index (χ3n) is 2.74. The number of anilines is 3. The van der Waals surface area contributed by atoms with Crippen LogP contribution in [0.15, 0.2) is 36.4 Å². The highest BCUT2D eigenvalue weighted by Gasteiger charge is 2.14. The van der Waals surface area contributed by atoms with Crippen LogP contribution in [0.4, 0.5) is 17.1 Å². The van der Waals surface area contributed by atoms with E-state index in [0.29, 0.717) is 34.3 Å². The molecule has 2 aromatic carbocycles. The number of halogens is 2. The van der Waals surface area contributed by atoms with Crippen LogP contribution in [0.5, 0.6) is 0 Å². The van der Waals surface area contributed by atoms with Crippen LogP contribution >= 0.6 is 34.2 Å². The minimum atomic E-state index is -0.422. The first kappa shape index (κ1) is 15.9. The molecule has 0 saturated heterocycles. The van der Waals surface area contributed by atoms with E-state index in [1.807, 2.05) is 18.2 Å². The zero-order chi connectivity index (χ0) is 15.4. The number of hydrogen-bond acceptors (Lipinski definition) is 4. The molecule has 0 bridgehead atoms. The van der Waals surface area contributed by atoms with Crippen molar-refractivity contribution in [1.82, 2.24) is 0 Å². The lowest BCUT2D eigenvalue weighted by Crippen LogP contribution is -2.08. The van der Waals surface area contributed by atoms with Crippen molar-refractivity contribution in [3.05, 3.63) is 50.6 Å². The summed E-state index contributed by atoms with van der Waals surface area (Å²) in [7, 11) is 0. The Hall–Kier alpha value is -1.47. The number of nitrogens with one attached hydrogen (secondary N) is 1. The van der Waals surface area contributed by atoms with E-state index in [1.54, 1.807) is 25.1 Å². The maximum atomic E-state index is 12.0. The van der Waals surface area contributed by atoms with Crippen LogP contribution in [-0.2, 0) is 4.74 Å². The van der Waals surface area contributed by atoms with Crippen molar-refractivity contribution in [2.45, 2.75) is 6.92 Å². The van der Waals surface area contributed by atoms with Gasteiger partial charge in [0.15, 0.2) is 0 Å². The van der Waals surface area contributed by atoms with Crippen molar-refractivity contribution in [2.75, 3.05) is 17.7 Å². The van der Waals surface area contributed by atoms with E-state index in [9.17, 15) is 4.79 Å². The van der Waals surface area contributed by atoms with Gasteiger partial charge in [-0.3, -0.25) is 0 Å². The first-order valence-electron chi connectivity index (χ1n) is 6.30. The highest BCUT2D eigenvalue weighted by atomic mass is 127. The molecule has 0 fully saturated rings. The van der Waals surface area contributed by atoms with Crippen LogP contribution in [-0.4, -0.2) is 12.6 Å². The van der Waals surface area contributed by atoms with Gasteiger partial charge in [-0.25, -0.2) is 4.79 Å². The molecule has 2 rings (SSSR count). The molecular weight excluding hydrogens is 403 g/mol. The molecule has 0 aliphatic carbocycles. The first-order valence-corrected chi connectivity index (χ1v) is 7.75. The van der Waals surface area contributed by atoms with E-state index < -0.39 is 5.97 Å². The number of esters is 1. The zero-order valence-corrected chi connectivity index (χ0v) is 14.2. The van der Waals surface area contributed by atoms with Gasteiger partial charge in [-0.1, -0.05) is 11.6 Å². The summed E-state index contributed by atoms with van der Waals surface area (Å²) in [4.78, 5) is 12.0. The third-order valence-corrected chi connectivity index (χ3v) is 3.72. The summed E-state index contributed by atoms with van der Waals surface area (Å²) >= 11 is 8.38. The molecule has 0 radical (unpaired) electrons. The largest absolute Gasteiger partial charge is 0.462 e. The second kappa shape index (κ2) is 7.00. The SMILES string of the molecule is CCOC(=O)c1cc(N)ccc1Nc1ccc(I)cc1Cl. The van der Waals surface area contributed by atoms with E-state index in [2.05, 4.69) is 27.9 Å². The number of rotatable bonds is 4. The summed E-state index contributed by atoms with van der Waals surface area (Å²) in [6.07, 6.45) is 0. The molecule has 0 heterocycles. The lowest BCUT2D eigenvalue weighted by atomic mass is 10.1. The number of nitrogen functional groups attached to an aromatic ring is 1. The molecular formula is C15H14ClIN2O2. The number of benzene rings is 2. The van der Waals surface area contributed by atoms with Crippen LogP contribution in [0, 0.1) is 3.57 Å². The molecule has 0 amide bonds. The molecule has 0 aliphatic rings. The molecule has 110 valence electrons. The number of carbonyl (C=O) groups is 1. The van der Waals surface area contributed by atoms with Crippen LogP contribution in [0.1, 0.15) is 17.3 Å². The molecule has 0 saturated carbocycles. The van der Waals surface area contributed by atoms with Crippen molar-refractivity contribution in [1.29, 1.82) is 0 Å². The second-order valence-electron chi connectivity index (χ2n) is 4.27. The Labute approximate surface area is 141 Å². The van der Waals surface area contributed by atoms with Gasteiger partial charge in [0.2, 0.25) is 0 Å². The van der Waals surface area contributed by atoms with Crippen molar-refractivity contribution in [3.8, 4) is 0 Å². The Kier molecular flexibility index (Phi) is 5.30. The predicted molar refractivity (Wildman–Crippen MR) is 94.3 cm³/mol. The molecule has 6 heteroatoms. The van der Waals surface area contributed by atoms with Gasteiger partial charge in [0.05, 0.1) is 28.6 Å². The Balaban J connectivity index is 2.37. The van der Waals surface area contributed by atoms with Crippen LogP contribution < -0.4 is 11.1 Å². The summed E-state index contributed by atoms with van der Waals surface area (Å²) in [5, 5.41) is 3.72. The standard InChI is InChI=1S/C15H14ClIN2O2/c1-2-21-15(20)11-8-10(18)4-6-13(11)19-14-5-3-9(17)7-12(14)16/h3-8,19H,2,18H2,1H3. The van der Waals surface area contributed by atoms with Gasteiger partial charge in [0.1, 0.15) is 0 Å². The molecule has 0 atom stereocenters. The number of hydrogen-bond donors (Lipinski definition) is 2. The normalized spacial score (nSPS) is 10.2. The monoisotopic (exact) mass is 416 g/mol. The molecule has 0 aromatic heterocycles. The van der Waals surface area contributed by atoms with Gasteiger partial charge in [-0.2, -0.15) is 0 Å². The Morgan fingerprint density at radius 2 is 2.00 bits per heavy atom. The third kappa shape index (κ3) is 4.01. The van der Waals surface area contributed by atoms with Crippen molar-refractivity contribution in [2.24, 2.45) is 0 Å². The molecule has 0 aliphatic heterocycles. The van der Waals surface area contributed by atoms with Crippen LogP contribution in [0.2, 0.25) is 5.02 Å². The van der Waals surface area contributed by atoms with Crippen molar-refractivity contribution < 1.29 is 9.53 Å². The van der Waals surface area contributed by atoms with Gasteiger partial charge < -0.3 is 15.8 Å². The molecule has 0 spiro atoms. The molecule has 3 N–H and O–H groups in total. The van der Waals surface area contributed by atoms with Gasteiger partial charge in [0, 0.05) is 9.26 Å². The minimum Gasteiger partial charge on any atom is -0.462 e. The summed E-state index contributed by atoms with van der Waals surface area (Å²) in [6, 6.07) is 10.7. The fraction of sp³-hybridized carbons (Fsp3) is 0.133. The average Bonchev–Trinajstić information content (AvgIpc) is 2.43. The Morgan fingerprint density at radius 3 is 2.67 bits per heavy atom. The Morgan fingerprint density at radius 1 is 1.29 bits per heavy atom. The second-order valence-corrected chi connectivity index (χ2v) is 5.93. The smallest absolute Gasteiger partial charge is 0.340 e. The van der Waals surface area contributed by atoms with E-state index in [1.165, 1.54) is 0 Å². The summed E-state index contributed by atoms with van der Waals surface area (Å²) in [6.45, 7) is 2.06. The lowest BCUT2D eigenvalue weighted by Gasteiger charge is -2.13. The lowest BCUT2D eigenvalue weighted by molar-refractivity contribution is 0.0527. The highest BCUT2D eigenvalue weighted by molar-refractivity contribution is 14.1. The van der Waals surface area contributed by atoms with Crippen LogP contribution in [0.25, 0.3) is 0 Å². The molecule has 2 aromatic rings. The summed E-state index contributed by atoms with van der Waals surface area (Å²) in [5.41, 5.74) is 7.94. The minimum absolute atomic E-state index is 0.303. The summed E-state index contributed by atoms with van der Waals surface area (Å²) in [5.74, 6) is -0.422. The maximum absolute atomic E-state index is 12.0. The topological polar surface area (TPSA) is 64.3 Å². The van der Waals surface area contributed by atoms with E-state index in [0.717, 1.165) is 3.57 Å². The van der Waals surface area contributed by atoms with Gasteiger partial charge in [0.25, 0.3) is 0 Å². The quantitative estimate of drug-likeness (QED) is 0.439. The van der Waals surface area contributed by atoms with E-state index in [4.69, 9.17) is 22.1 Å². The van der Waals surface area contributed by atoms with Crippen molar-refractivity contribution in [3.63, 3.8) is 0 Å². The van der Waals surface area contributed by atoms with Crippen LogP contribution in [0.3, 0.4) is 0 Å². The fourth-order valence-electron chi connectivity index (χ4n) is 1.78. The average molecular weight is 417 g/mol. The molecule has 4 nitrogen and oxygen atoms in total. The number of nitrogens with two attached hydrogens (primary N) is 1. The Bertz CT molecular complexity index is 677. The van der Waals surface area contributed by atoms with Gasteiger partial charge in [-0.05, 0) is 65.9 Å². The molecule has 0 unspecified atom stereocenters. The fourth-order valence-corrected chi connectivity index (χ4v) is 2.69.